The quantitative estimate of drug-likeness (QED) is 0.492. The van der Waals surface area contributed by atoms with E-state index in [9.17, 15) is 18.5 Å². The lowest BCUT2D eigenvalue weighted by Gasteiger charge is -2.00. The zero-order chi connectivity index (χ0) is 13.8. The van der Waals surface area contributed by atoms with Gasteiger partial charge in [0.1, 0.15) is 5.56 Å². The molecule has 0 aliphatic heterocycles. The first-order valence-electron chi connectivity index (χ1n) is 4.98. The zero-order valence-corrected chi connectivity index (χ0v) is 10.7. The first kappa shape index (κ1) is 14.2. The normalized spacial score (nSPS) is 10.6. The highest BCUT2D eigenvalue weighted by atomic mass is 32.2. The third-order valence-corrected chi connectivity index (χ3v) is 3.19. The fraction of sp³-hybridized carbons (Fsp3) is 0.273. The van der Waals surface area contributed by atoms with Crippen molar-refractivity contribution in [1.82, 2.24) is 5.32 Å². The number of benzene rings is 1. The van der Waals surface area contributed by atoms with Gasteiger partial charge >= 0.3 is 0 Å². The van der Waals surface area contributed by atoms with E-state index < -0.39 is 14.8 Å². The number of nitro benzene ring substituents is 1. The molecule has 0 aliphatic carbocycles. The van der Waals surface area contributed by atoms with Crippen LogP contribution in [0.2, 0.25) is 0 Å². The van der Waals surface area contributed by atoms with Gasteiger partial charge in [-0.15, -0.1) is 0 Å². The molecule has 1 aromatic carbocycles. The standard InChI is InChI=1S/C11H12N2O4S/c1-12-7-3-4-9-5-6-10(18(2,16)17)8-11(9)13(14)15/h5-6,8,12H,7H2,1-2H3. The van der Waals surface area contributed by atoms with Gasteiger partial charge < -0.3 is 5.32 Å². The summed E-state index contributed by atoms with van der Waals surface area (Å²) in [5, 5.41) is 13.6. The average Bonchev–Trinajstić information content (AvgIpc) is 2.28. The molecular weight excluding hydrogens is 256 g/mol. The molecule has 18 heavy (non-hydrogen) atoms. The van der Waals surface area contributed by atoms with Crippen LogP contribution in [0.1, 0.15) is 5.56 Å². The van der Waals surface area contributed by atoms with Crippen LogP contribution in [0.25, 0.3) is 0 Å². The minimum absolute atomic E-state index is 0.0895. The van der Waals surface area contributed by atoms with Gasteiger partial charge in [0.05, 0.1) is 16.4 Å². The van der Waals surface area contributed by atoms with E-state index in [0.717, 1.165) is 12.3 Å². The number of nitro groups is 1. The van der Waals surface area contributed by atoms with Crippen molar-refractivity contribution in [2.45, 2.75) is 4.90 Å². The molecule has 0 aliphatic rings. The first-order chi connectivity index (χ1) is 8.36. The van der Waals surface area contributed by atoms with Gasteiger partial charge in [-0.05, 0) is 19.2 Å². The Bertz CT molecular complexity index is 626. The lowest BCUT2D eigenvalue weighted by atomic mass is 10.2. The van der Waals surface area contributed by atoms with Gasteiger partial charge in [0.2, 0.25) is 0 Å². The van der Waals surface area contributed by atoms with Crippen molar-refractivity contribution in [3.63, 3.8) is 0 Å². The van der Waals surface area contributed by atoms with Crippen LogP contribution in [0.15, 0.2) is 23.1 Å². The molecule has 0 unspecified atom stereocenters. The molecule has 7 heteroatoms. The van der Waals surface area contributed by atoms with Gasteiger partial charge in [0.15, 0.2) is 9.84 Å². The van der Waals surface area contributed by atoms with E-state index in [1.165, 1.54) is 12.1 Å². The molecule has 0 bridgehead atoms. The summed E-state index contributed by atoms with van der Waals surface area (Å²) < 4.78 is 22.6. The number of rotatable bonds is 3. The Morgan fingerprint density at radius 1 is 1.44 bits per heavy atom. The maximum absolute atomic E-state index is 11.3. The van der Waals surface area contributed by atoms with Crippen LogP contribution in [0.4, 0.5) is 5.69 Å². The molecule has 0 amide bonds. The molecule has 0 saturated heterocycles. The minimum atomic E-state index is -3.47. The summed E-state index contributed by atoms with van der Waals surface area (Å²) in [4.78, 5) is 10.1. The lowest BCUT2D eigenvalue weighted by molar-refractivity contribution is -0.385. The third-order valence-electron chi connectivity index (χ3n) is 2.08. The Labute approximate surface area is 105 Å². The lowest BCUT2D eigenvalue weighted by Crippen LogP contribution is -2.04. The van der Waals surface area contributed by atoms with E-state index in [-0.39, 0.29) is 16.1 Å². The molecule has 96 valence electrons. The van der Waals surface area contributed by atoms with Crippen LogP contribution < -0.4 is 5.32 Å². The number of hydrogen-bond acceptors (Lipinski definition) is 5. The van der Waals surface area contributed by atoms with Crippen molar-refractivity contribution < 1.29 is 13.3 Å². The largest absolute Gasteiger partial charge is 0.309 e. The highest BCUT2D eigenvalue weighted by molar-refractivity contribution is 7.90. The summed E-state index contributed by atoms with van der Waals surface area (Å²) in [7, 11) is -1.76. The van der Waals surface area contributed by atoms with Crippen molar-refractivity contribution in [1.29, 1.82) is 0 Å². The molecule has 0 atom stereocenters. The maximum atomic E-state index is 11.3. The summed E-state index contributed by atoms with van der Waals surface area (Å²) >= 11 is 0. The molecule has 6 nitrogen and oxygen atoms in total. The fourth-order valence-electron chi connectivity index (χ4n) is 1.23. The smallest absolute Gasteiger partial charge is 0.286 e. The SMILES string of the molecule is CNCC#Cc1ccc(S(C)(=O)=O)cc1[N+](=O)[O-]. The van der Waals surface area contributed by atoms with Gasteiger partial charge in [0.25, 0.3) is 5.69 Å². The monoisotopic (exact) mass is 268 g/mol. The zero-order valence-electron chi connectivity index (χ0n) is 9.93. The number of nitrogens with zero attached hydrogens (tertiary/aromatic N) is 1. The maximum Gasteiger partial charge on any atom is 0.286 e. The van der Waals surface area contributed by atoms with E-state index >= 15 is 0 Å². The summed E-state index contributed by atoms with van der Waals surface area (Å²) in [5.41, 5.74) is -0.107. The van der Waals surface area contributed by atoms with Gasteiger partial charge in [-0.25, -0.2) is 8.42 Å². The Morgan fingerprint density at radius 3 is 2.61 bits per heavy atom. The van der Waals surface area contributed by atoms with Gasteiger partial charge in [-0.1, -0.05) is 11.8 Å². The topological polar surface area (TPSA) is 89.3 Å². The van der Waals surface area contributed by atoms with Crippen LogP contribution in [0.3, 0.4) is 0 Å². The number of hydrogen-bond donors (Lipinski definition) is 1. The van der Waals surface area contributed by atoms with Crippen molar-refractivity contribution in [2.24, 2.45) is 0 Å². The van der Waals surface area contributed by atoms with Crippen molar-refractivity contribution in [3.8, 4) is 11.8 Å². The highest BCUT2D eigenvalue weighted by Gasteiger charge is 2.17. The molecule has 0 spiro atoms. The summed E-state index contributed by atoms with van der Waals surface area (Å²) in [5.74, 6) is 5.32. The summed E-state index contributed by atoms with van der Waals surface area (Å²) in [6.45, 7) is 0.394. The molecule has 0 saturated carbocycles. The predicted octanol–water partition coefficient (Wildman–Crippen LogP) is 0.569. The van der Waals surface area contributed by atoms with E-state index in [1.807, 2.05) is 0 Å². The second-order valence-electron chi connectivity index (χ2n) is 3.54. The van der Waals surface area contributed by atoms with E-state index in [4.69, 9.17) is 0 Å². The predicted molar refractivity (Wildman–Crippen MR) is 67.0 cm³/mol. The van der Waals surface area contributed by atoms with E-state index in [0.29, 0.717) is 6.54 Å². The summed E-state index contributed by atoms with van der Waals surface area (Å²) in [6.07, 6.45) is 0.998. The van der Waals surface area contributed by atoms with Crippen molar-refractivity contribution in [2.75, 3.05) is 19.8 Å². The number of sulfone groups is 1. The minimum Gasteiger partial charge on any atom is -0.309 e. The molecule has 0 fully saturated rings. The Kier molecular flexibility index (Phi) is 4.42. The fourth-order valence-corrected chi connectivity index (χ4v) is 1.87. The van der Waals surface area contributed by atoms with Gasteiger partial charge in [0, 0.05) is 12.3 Å². The van der Waals surface area contributed by atoms with Crippen LogP contribution in [-0.2, 0) is 9.84 Å². The van der Waals surface area contributed by atoms with Crippen molar-refractivity contribution in [3.05, 3.63) is 33.9 Å². The summed E-state index contributed by atoms with van der Waals surface area (Å²) in [6, 6.07) is 3.68. The second-order valence-corrected chi connectivity index (χ2v) is 5.56. The Balaban J connectivity index is 3.31. The first-order valence-corrected chi connectivity index (χ1v) is 6.87. The van der Waals surface area contributed by atoms with E-state index in [1.54, 1.807) is 7.05 Å². The van der Waals surface area contributed by atoms with Crippen LogP contribution >= 0.6 is 0 Å². The van der Waals surface area contributed by atoms with Crippen LogP contribution in [0, 0.1) is 22.0 Å². The molecule has 0 radical (unpaired) electrons. The molecular formula is C11H12N2O4S. The molecule has 1 rings (SSSR count). The number of nitrogens with one attached hydrogen (secondary N) is 1. The van der Waals surface area contributed by atoms with E-state index in [2.05, 4.69) is 17.2 Å². The third kappa shape index (κ3) is 3.55. The van der Waals surface area contributed by atoms with Crippen LogP contribution in [-0.4, -0.2) is 33.2 Å². The van der Waals surface area contributed by atoms with Crippen molar-refractivity contribution >= 4 is 15.5 Å². The van der Waals surface area contributed by atoms with Crippen LogP contribution in [0.5, 0.6) is 0 Å². The average molecular weight is 268 g/mol. The molecule has 0 heterocycles. The molecule has 1 N–H and O–H groups in total. The van der Waals surface area contributed by atoms with Gasteiger partial charge in [-0.3, -0.25) is 10.1 Å². The molecule has 1 aromatic rings. The Hall–Kier alpha value is -1.91. The highest BCUT2D eigenvalue weighted by Crippen LogP contribution is 2.22. The second kappa shape index (κ2) is 5.62. The Morgan fingerprint density at radius 2 is 2.11 bits per heavy atom. The van der Waals surface area contributed by atoms with Gasteiger partial charge in [-0.2, -0.15) is 0 Å². The molecule has 0 aromatic heterocycles.